The Morgan fingerprint density at radius 2 is 2.12 bits per heavy atom. The second-order valence-electron chi connectivity index (χ2n) is 3.45. The first-order valence-electron chi connectivity index (χ1n) is 5.35. The molecule has 0 radical (unpaired) electrons. The number of carboxylic acid groups (broad SMARTS) is 1. The van der Waals surface area contributed by atoms with Crippen LogP contribution in [0.5, 0.6) is 0 Å². The van der Waals surface area contributed by atoms with Crippen LogP contribution < -0.4 is 10.6 Å². The Hall–Kier alpha value is -1.30. The molecular formula is C10H20N2O4. The van der Waals surface area contributed by atoms with E-state index in [1.54, 1.807) is 7.11 Å². The normalized spacial score (nSPS) is 11.9. The van der Waals surface area contributed by atoms with Crippen molar-refractivity contribution in [3.63, 3.8) is 0 Å². The van der Waals surface area contributed by atoms with Gasteiger partial charge in [0, 0.05) is 26.3 Å². The van der Waals surface area contributed by atoms with Crippen LogP contribution in [0.4, 0.5) is 4.79 Å². The van der Waals surface area contributed by atoms with Gasteiger partial charge in [0.1, 0.15) is 0 Å². The fourth-order valence-corrected chi connectivity index (χ4v) is 1.16. The molecule has 0 fully saturated rings. The summed E-state index contributed by atoms with van der Waals surface area (Å²) in [6, 6.07) is -0.649. The minimum Gasteiger partial charge on any atom is -0.481 e. The van der Waals surface area contributed by atoms with Gasteiger partial charge in [0.25, 0.3) is 0 Å². The van der Waals surface area contributed by atoms with Gasteiger partial charge in [-0.2, -0.15) is 0 Å². The van der Waals surface area contributed by atoms with Crippen LogP contribution in [-0.4, -0.2) is 43.4 Å². The van der Waals surface area contributed by atoms with Gasteiger partial charge in [-0.05, 0) is 12.8 Å². The summed E-state index contributed by atoms with van der Waals surface area (Å²) < 4.78 is 4.83. The van der Waals surface area contributed by atoms with Gasteiger partial charge in [0.2, 0.25) is 0 Å². The van der Waals surface area contributed by atoms with Crippen LogP contribution >= 0.6 is 0 Å². The standard InChI is InChI=1S/C10H20N2O4/c1-3-8(7-9(13)14)12-10(15)11-5-4-6-16-2/h8H,3-7H2,1-2H3,(H,13,14)(H2,11,12,15). The van der Waals surface area contributed by atoms with Crippen molar-refractivity contribution in [3.05, 3.63) is 0 Å². The molecule has 0 saturated heterocycles. The van der Waals surface area contributed by atoms with E-state index in [0.717, 1.165) is 6.42 Å². The molecule has 3 N–H and O–H groups in total. The zero-order valence-corrected chi connectivity index (χ0v) is 9.78. The Kier molecular flexibility index (Phi) is 8.24. The molecule has 0 heterocycles. The molecule has 0 saturated carbocycles. The highest BCUT2D eigenvalue weighted by Gasteiger charge is 2.13. The average Bonchev–Trinajstić information content (AvgIpc) is 2.23. The van der Waals surface area contributed by atoms with Gasteiger partial charge < -0.3 is 20.5 Å². The quantitative estimate of drug-likeness (QED) is 0.534. The number of nitrogens with one attached hydrogen (secondary N) is 2. The summed E-state index contributed by atoms with van der Waals surface area (Å²) in [5.41, 5.74) is 0. The number of methoxy groups -OCH3 is 1. The van der Waals surface area contributed by atoms with Crippen molar-refractivity contribution in [1.29, 1.82) is 0 Å². The maximum atomic E-state index is 11.3. The molecule has 0 bridgehead atoms. The van der Waals surface area contributed by atoms with Crippen LogP contribution in [0.15, 0.2) is 0 Å². The summed E-state index contributed by atoms with van der Waals surface area (Å²) >= 11 is 0. The topological polar surface area (TPSA) is 87.7 Å². The lowest BCUT2D eigenvalue weighted by molar-refractivity contribution is -0.137. The number of aliphatic carboxylic acids is 1. The van der Waals surface area contributed by atoms with Gasteiger partial charge in [-0.1, -0.05) is 6.92 Å². The second-order valence-corrected chi connectivity index (χ2v) is 3.45. The lowest BCUT2D eigenvalue weighted by Crippen LogP contribution is -2.43. The highest BCUT2D eigenvalue weighted by molar-refractivity contribution is 5.75. The van der Waals surface area contributed by atoms with Crippen molar-refractivity contribution in [2.45, 2.75) is 32.2 Å². The molecule has 1 unspecified atom stereocenters. The first kappa shape index (κ1) is 14.7. The highest BCUT2D eigenvalue weighted by Crippen LogP contribution is 1.96. The van der Waals surface area contributed by atoms with Gasteiger partial charge in [-0.3, -0.25) is 4.79 Å². The molecule has 2 amide bonds. The van der Waals surface area contributed by atoms with Crippen molar-refractivity contribution in [3.8, 4) is 0 Å². The molecule has 0 aliphatic rings. The Morgan fingerprint density at radius 3 is 2.62 bits per heavy atom. The number of urea groups is 1. The van der Waals surface area contributed by atoms with Crippen LogP contribution in [-0.2, 0) is 9.53 Å². The Labute approximate surface area is 95.4 Å². The number of hydrogen-bond donors (Lipinski definition) is 3. The van der Waals surface area contributed by atoms with E-state index >= 15 is 0 Å². The molecule has 6 heteroatoms. The summed E-state index contributed by atoms with van der Waals surface area (Å²) in [4.78, 5) is 21.8. The number of amides is 2. The van der Waals surface area contributed by atoms with Gasteiger partial charge >= 0.3 is 12.0 Å². The number of carbonyl (C=O) groups excluding carboxylic acids is 1. The fourth-order valence-electron chi connectivity index (χ4n) is 1.16. The fraction of sp³-hybridized carbons (Fsp3) is 0.800. The predicted octanol–water partition coefficient (Wildman–Crippen LogP) is 0.575. The van der Waals surface area contributed by atoms with Crippen LogP contribution in [0, 0.1) is 0 Å². The highest BCUT2D eigenvalue weighted by atomic mass is 16.5. The Bertz CT molecular complexity index is 221. The van der Waals surface area contributed by atoms with Gasteiger partial charge in [-0.15, -0.1) is 0 Å². The minimum atomic E-state index is -0.911. The van der Waals surface area contributed by atoms with E-state index in [0.29, 0.717) is 19.6 Å². The Morgan fingerprint density at radius 1 is 1.44 bits per heavy atom. The summed E-state index contributed by atoms with van der Waals surface area (Å²) in [7, 11) is 1.60. The van der Waals surface area contributed by atoms with Crippen molar-refractivity contribution in [1.82, 2.24) is 10.6 Å². The molecule has 94 valence electrons. The predicted molar refractivity (Wildman–Crippen MR) is 59.4 cm³/mol. The molecular weight excluding hydrogens is 212 g/mol. The van der Waals surface area contributed by atoms with Crippen molar-refractivity contribution < 1.29 is 19.4 Å². The van der Waals surface area contributed by atoms with Crippen LogP contribution in [0.3, 0.4) is 0 Å². The van der Waals surface area contributed by atoms with E-state index < -0.39 is 5.97 Å². The van der Waals surface area contributed by atoms with E-state index in [1.807, 2.05) is 6.92 Å². The third-order valence-electron chi connectivity index (χ3n) is 2.06. The molecule has 0 aliphatic heterocycles. The largest absolute Gasteiger partial charge is 0.481 e. The van der Waals surface area contributed by atoms with Gasteiger partial charge in [0.05, 0.1) is 6.42 Å². The number of hydrogen-bond acceptors (Lipinski definition) is 3. The molecule has 16 heavy (non-hydrogen) atoms. The SMILES string of the molecule is CCC(CC(=O)O)NC(=O)NCCCOC. The van der Waals surface area contributed by atoms with Crippen molar-refractivity contribution in [2.24, 2.45) is 0 Å². The first-order valence-corrected chi connectivity index (χ1v) is 5.35. The number of rotatable bonds is 8. The van der Waals surface area contributed by atoms with Crippen LogP contribution in [0.2, 0.25) is 0 Å². The summed E-state index contributed by atoms with van der Waals surface area (Å²) in [5.74, 6) is -0.911. The maximum Gasteiger partial charge on any atom is 0.315 e. The van der Waals surface area contributed by atoms with E-state index in [4.69, 9.17) is 9.84 Å². The molecule has 0 aliphatic carbocycles. The van der Waals surface area contributed by atoms with Crippen molar-refractivity contribution >= 4 is 12.0 Å². The molecule has 0 rings (SSSR count). The zero-order valence-electron chi connectivity index (χ0n) is 9.78. The van der Waals surface area contributed by atoms with E-state index in [9.17, 15) is 9.59 Å². The lowest BCUT2D eigenvalue weighted by atomic mass is 10.1. The van der Waals surface area contributed by atoms with Crippen LogP contribution in [0.25, 0.3) is 0 Å². The Balaban J connectivity index is 3.70. The lowest BCUT2D eigenvalue weighted by Gasteiger charge is -2.15. The molecule has 0 aromatic heterocycles. The van der Waals surface area contributed by atoms with Gasteiger partial charge in [-0.25, -0.2) is 4.79 Å². The number of ether oxygens (including phenoxy) is 1. The minimum absolute atomic E-state index is 0.0536. The number of carboxylic acids is 1. The first-order chi connectivity index (χ1) is 7.60. The molecule has 0 spiro atoms. The van der Waals surface area contributed by atoms with Crippen molar-refractivity contribution in [2.75, 3.05) is 20.3 Å². The average molecular weight is 232 g/mol. The van der Waals surface area contributed by atoms with Gasteiger partial charge in [0.15, 0.2) is 0 Å². The molecule has 1 atom stereocenters. The second kappa shape index (κ2) is 8.96. The number of carbonyl (C=O) groups is 2. The monoisotopic (exact) mass is 232 g/mol. The van der Waals surface area contributed by atoms with Crippen LogP contribution in [0.1, 0.15) is 26.2 Å². The molecule has 6 nitrogen and oxygen atoms in total. The maximum absolute atomic E-state index is 11.3. The summed E-state index contributed by atoms with van der Waals surface area (Å²) in [6.07, 6.45) is 1.28. The van der Waals surface area contributed by atoms with E-state index in [1.165, 1.54) is 0 Å². The summed E-state index contributed by atoms with van der Waals surface area (Å²) in [6.45, 7) is 2.94. The third-order valence-corrected chi connectivity index (χ3v) is 2.06. The zero-order chi connectivity index (χ0) is 12.4. The van der Waals surface area contributed by atoms with E-state index in [-0.39, 0.29) is 18.5 Å². The molecule has 0 aromatic carbocycles. The third kappa shape index (κ3) is 8.05. The smallest absolute Gasteiger partial charge is 0.315 e. The molecule has 0 aromatic rings. The summed E-state index contributed by atoms with van der Waals surface area (Å²) in [5, 5.41) is 13.8. The van der Waals surface area contributed by atoms with E-state index in [2.05, 4.69) is 10.6 Å².